The molecule has 0 heterocycles. The summed E-state index contributed by atoms with van der Waals surface area (Å²) in [7, 11) is 0. The van der Waals surface area contributed by atoms with Crippen LogP contribution in [0.3, 0.4) is 0 Å². The molecule has 0 aliphatic heterocycles. The highest BCUT2D eigenvalue weighted by molar-refractivity contribution is 5.22. The van der Waals surface area contributed by atoms with Crippen LogP contribution in [0.1, 0.15) is 78.1 Å². The summed E-state index contributed by atoms with van der Waals surface area (Å²) in [5.41, 5.74) is 3.22. The van der Waals surface area contributed by atoms with Gasteiger partial charge in [0.25, 0.3) is 0 Å². The van der Waals surface area contributed by atoms with Gasteiger partial charge in [-0.1, -0.05) is 68.7 Å². The second-order valence-electron chi connectivity index (χ2n) is 5.21. The minimum atomic E-state index is 1.29. The molecular weight excluding hydrogens is 192 g/mol. The highest BCUT2D eigenvalue weighted by Gasteiger charge is 2.02. The van der Waals surface area contributed by atoms with Crippen LogP contribution >= 0.6 is 0 Å². The number of rotatable bonds is 8. The Morgan fingerprint density at radius 3 is 2.19 bits per heavy atom. The van der Waals surface area contributed by atoms with Crippen molar-refractivity contribution in [3.63, 3.8) is 0 Å². The summed E-state index contributed by atoms with van der Waals surface area (Å²) in [6, 6.07) is 0. The summed E-state index contributed by atoms with van der Waals surface area (Å²) >= 11 is 0. The molecule has 1 aliphatic carbocycles. The maximum atomic E-state index is 2.36. The van der Waals surface area contributed by atoms with E-state index < -0.39 is 0 Å². The molecule has 0 saturated heterocycles. The van der Waals surface area contributed by atoms with E-state index in [0.717, 1.165) is 0 Å². The van der Waals surface area contributed by atoms with E-state index >= 15 is 0 Å². The molecule has 1 rings (SSSR count). The maximum absolute atomic E-state index is 2.36. The van der Waals surface area contributed by atoms with Gasteiger partial charge in [0, 0.05) is 0 Å². The van der Waals surface area contributed by atoms with Crippen molar-refractivity contribution in [3.05, 3.63) is 23.3 Å². The second kappa shape index (κ2) is 8.61. The van der Waals surface area contributed by atoms with Crippen molar-refractivity contribution >= 4 is 0 Å². The molecule has 0 spiro atoms. The van der Waals surface area contributed by atoms with Crippen LogP contribution in [0.25, 0.3) is 0 Å². The summed E-state index contributed by atoms with van der Waals surface area (Å²) in [6.07, 6.45) is 18.6. The van der Waals surface area contributed by atoms with Crippen LogP contribution in [0.4, 0.5) is 0 Å². The van der Waals surface area contributed by atoms with E-state index in [-0.39, 0.29) is 0 Å². The third-order valence-corrected chi connectivity index (χ3v) is 3.55. The predicted octanol–water partition coefficient (Wildman–Crippen LogP) is 5.79. The molecule has 0 saturated carbocycles. The van der Waals surface area contributed by atoms with Crippen LogP contribution < -0.4 is 0 Å². The lowest BCUT2D eigenvalue weighted by Gasteiger charge is -2.11. The third-order valence-electron chi connectivity index (χ3n) is 3.55. The minimum Gasteiger partial charge on any atom is -0.0730 e. The summed E-state index contributed by atoms with van der Waals surface area (Å²) in [5, 5.41) is 0. The van der Waals surface area contributed by atoms with Crippen LogP contribution in [0.2, 0.25) is 0 Å². The molecule has 0 amide bonds. The van der Waals surface area contributed by atoms with E-state index in [1.807, 2.05) is 0 Å². The zero-order chi connectivity index (χ0) is 11.6. The summed E-state index contributed by atoms with van der Waals surface area (Å²) in [6.45, 7) is 4.52. The second-order valence-corrected chi connectivity index (χ2v) is 5.21. The zero-order valence-electron chi connectivity index (χ0n) is 11.2. The van der Waals surface area contributed by atoms with Gasteiger partial charge in [0.15, 0.2) is 0 Å². The fourth-order valence-electron chi connectivity index (χ4n) is 2.30. The van der Waals surface area contributed by atoms with Crippen molar-refractivity contribution in [2.24, 2.45) is 0 Å². The fraction of sp³-hybridized carbons (Fsp3) is 0.750. The van der Waals surface area contributed by atoms with Gasteiger partial charge in [-0.15, -0.1) is 0 Å². The molecule has 16 heavy (non-hydrogen) atoms. The first-order valence-electron chi connectivity index (χ1n) is 7.18. The van der Waals surface area contributed by atoms with E-state index in [4.69, 9.17) is 0 Å². The zero-order valence-corrected chi connectivity index (χ0v) is 11.2. The Morgan fingerprint density at radius 1 is 0.875 bits per heavy atom. The quantitative estimate of drug-likeness (QED) is 0.454. The minimum absolute atomic E-state index is 1.29. The highest BCUT2D eigenvalue weighted by atomic mass is 14.1. The number of hydrogen-bond donors (Lipinski definition) is 0. The summed E-state index contributed by atoms with van der Waals surface area (Å²) < 4.78 is 0. The monoisotopic (exact) mass is 220 g/mol. The highest BCUT2D eigenvalue weighted by Crippen LogP contribution is 2.22. The first-order valence-corrected chi connectivity index (χ1v) is 7.18. The molecule has 0 aromatic carbocycles. The van der Waals surface area contributed by atoms with Gasteiger partial charge in [-0.3, -0.25) is 0 Å². The molecule has 1 aliphatic rings. The molecule has 0 N–H and O–H groups in total. The molecule has 0 fully saturated rings. The Labute approximate surface area is 102 Å². The SMILES string of the molecule is CCCCCCCCCC1=CC=C(C)CC1. The van der Waals surface area contributed by atoms with Crippen LogP contribution in [0, 0.1) is 0 Å². The number of hydrogen-bond acceptors (Lipinski definition) is 0. The largest absolute Gasteiger partial charge is 0.0730 e. The summed E-state index contributed by atoms with van der Waals surface area (Å²) in [4.78, 5) is 0. The Hall–Kier alpha value is -0.520. The van der Waals surface area contributed by atoms with Crippen molar-refractivity contribution in [1.82, 2.24) is 0 Å². The molecule has 0 aromatic heterocycles. The van der Waals surface area contributed by atoms with E-state index in [2.05, 4.69) is 26.0 Å². The summed E-state index contributed by atoms with van der Waals surface area (Å²) in [5.74, 6) is 0. The Morgan fingerprint density at radius 2 is 1.56 bits per heavy atom. The number of unbranched alkanes of at least 4 members (excludes halogenated alkanes) is 6. The molecule has 92 valence electrons. The van der Waals surface area contributed by atoms with Gasteiger partial charge in [0.05, 0.1) is 0 Å². The van der Waals surface area contributed by atoms with Gasteiger partial charge < -0.3 is 0 Å². The first kappa shape index (κ1) is 13.5. The van der Waals surface area contributed by atoms with Gasteiger partial charge >= 0.3 is 0 Å². The van der Waals surface area contributed by atoms with Gasteiger partial charge in [-0.05, 0) is 32.6 Å². The van der Waals surface area contributed by atoms with Crippen LogP contribution in [0.15, 0.2) is 23.3 Å². The van der Waals surface area contributed by atoms with Crippen LogP contribution in [0.5, 0.6) is 0 Å². The van der Waals surface area contributed by atoms with Gasteiger partial charge in [0.1, 0.15) is 0 Å². The molecular formula is C16H28. The van der Waals surface area contributed by atoms with Gasteiger partial charge in [-0.2, -0.15) is 0 Å². The molecule has 0 unspecified atom stereocenters. The third kappa shape index (κ3) is 6.15. The normalized spacial score (nSPS) is 15.9. The maximum Gasteiger partial charge on any atom is -0.0280 e. The van der Waals surface area contributed by atoms with Crippen molar-refractivity contribution in [1.29, 1.82) is 0 Å². The standard InChI is InChI=1S/C16H28/c1-3-4-5-6-7-8-9-10-16-13-11-15(2)12-14-16/h11,13H,3-10,12,14H2,1-2H3. The smallest absolute Gasteiger partial charge is 0.0280 e. The van der Waals surface area contributed by atoms with E-state index in [0.29, 0.717) is 0 Å². The Bertz CT molecular complexity index is 232. The average Bonchev–Trinajstić information content (AvgIpc) is 2.30. The Balaban J connectivity index is 1.95. The lowest BCUT2D eigenvalue weighted by Crippen LogP contribution is -1.91. The topological polar surface area (TPSA) is 0 Å². The van der Waals surface area contributed by atoms with Crippen LogP contribution in [-0.2, 0) is 0 Å². The molecule has 0 bridgehead atoms. The average molecular weight is 220 g/mol. The molecule has 0 radical (unpaired) electrons. The van der Waals surface area contributed by atoms with Crippen molar-refractivity contribution in [2.75, 3.05) is 0 Å². The lowest BCUT2D eigenvalue weighted by molar-refractivity contribution is 0.585. The number of allylic oxidation sites excluding steroid dienone is 4. The lowest BCUT2D eigenvalue weighted by atomic mass is 9.95. The predicted molar refractivity (Wildman–Crippen MR) is 73.7 cm³/mol. The van der Waals surface area contributed by atoms with E-state index in [1.54, 1.807) is 11.1 Å². The van der Waals surface area contributed by atoms with Crippen molar-refractivity contribution in [2.45, 2.75) is 78.1 Å². The Kier molecular flexibility index (Phi) is 7.29. The first-order chi connectivity index (χ1) is 7.83. The molecule has 0 aromatic rings. The van der Waals surface area contributed by atoms with Crippen molar-refractivity contribution < 1.29 is 0 Å². The molecule has 0 nitrogen and oxygen atoms in total. The van der Waals surface area contributed by atoms with E-state index in [9.17, 15) is 0 Å². The van der Waals surface area contributed by atoms with Crippen LogP contribution in [-0.4, -0.2) is 0 Å². The van der Waals surface area contributed by atoms with Gasteiger partial charge in [-0.25, -0.2) is 0 Å². The van der Waals surface area contributed by atoms with Crippen molar-refractivity contribution in [3.8, 4) is 0 Å². The molecule has 0 atom stereocenters. The van der Waals surface area contributed by atoms with Gasteiger partial charge in [0.2, 0.25) is 0 Å². The van der Waals surface area contributed by atoms with E-state index in [1.165, 1.54) is 64.2 Å². The molecule has 0 heteroatoms. The fourth-order valence-corrected chi connectivity index (χ4v) is 2.30.